The predicted octanol–water partition coefficient (Wildman–Crippen LogP) is 4.65. The molecule has 0 aliphatic rings. The maximum absolute atomic E-state index is 12.6. The third-order valence-electron chi connectivity index (χ3n) is 4.75. The second-order valence-electron chi connectivity index (χ2n) is 7.62. The molecule has 0 heterocycles. The van der Waals surface area contributed by atoms with E-state index in [2.05, 4.69) is 0 Å². The van der Waals surface area contributed by atoms with Crippen LogP contribution in [0.4, 0.5) is 4.79 Å². The summed E-state index contributed by atoms with van der Waals surface area (Å²) in [4.78, 5) is 35.6. The van der Waals surface area contributed by atoms with Crippen molar-refractivity contribution in [1.82, 2.24) is 0 Å². The van der Waals surface area contributed by atoms with Gasteiger partial charge in [0.1, 0.15) is 22.7 Å². The molecule has 2 aromatic rings. The zero-order chi connectivity index (χ0) is 22.5. The molecular weight excluding hydrogens is 388 g/mol. The van der Waals surface area contributed by atoms with E-state index in [-0.39, 0.29) is 0 Å². The van der Waals surface area contributed by atoms with E-state index in [1.54, 1.807) is 64.1 Å². The molecule has 160 valence electrons. The highest BCUT2D eigenvalue weighted by Crippen LogP contribution is 2.33. The van der Waals surface area contributed by atoms with Crippen molar-refractivity contribution in [2.24, 2.45) is 0 Å². The third kappa shape index (κ3) is 4.97. The average Bonchev–Trinajstić information content (AvgIpc) is 2.71. The molecule has 0 fully saturated rings. The Kier molecular flexibility index (Phi) is 6.87. The summed E-state index contributed by atoms with van der Waals surface area (Å²) in [5.74, 6) is 1.03. The number of carbonyl (C=O) groups excluding carboxylic acids is 3. The lowest BCUT2D eigenvalue weighted by Gasteiger charge is -2.31. The van der Waals surface area contributed by atoms with E-state index in [0.29, 0.717) is 46.3 Å². The SMILES string of the molecule is COc1ccc(C(C)(C)OC(=O)OC(C)(C)c2ccc(OC)cc2C=O)c(C=O)c1. The van der Waals surface area contributed by atoms with Gasteiger partial charge in [-0.1, -0.05) is 12.1 Å². The Morgan fingerprint density at radius 3 is 1.40 bits per heavy atom. The van der Waals surface area contributed by atoms with Crippen LogP contribution >= 0.6 is 0 Å². The van der Waals surface area contributed by atoms with Crippen LogP contribution in [0, 0.1) is 0 Å². The Hall–Kier alpha value is -3.35. The second kappa shape index (κ2) is 8.98. The van der Waals surface area contributed by atoms with Gasteiger partial charge in [-0.25, -0.2) is 4.79 Å². The highest BCUT2D eigenvalue weighted by molar-refractivity contribution is 5.80. The fraction of sp³-hybridized carbons (Fsp3) is 0.348. The molecule has 0 aliphatic heterocycles. The topological polar surface area (TPSA) is 88.1 Å². The van der Waals surface area contributed by atoms with Gasteiger partial charge in [0.25, 0.3) is 0 Å². The lowest BCUT2D eigenvalue weighted by atomic mass is 9.93. The summed E-state index contributed by atoms with van der Waals surface area (Å²) in [7, 11) is 2.99. The molecule has 0 unspecified atom stereocenters. The molecule has 0 bridgehead atoms. The van der Waals surface area contributed by atoms with Gasteiger partial charge in [-0.15, -0.1) is 0 Å². The summed E-state index contributed by atoms with van der Waals surface area (Å²) >= 11 is 0. The molecule has 2 aromatic carbocycles. The number of aldehydes is 2. The molecule has 7 nitrogen and oxygen atoms in total. The van der Waals surface area contributed by atoms with E-state index >= 15 is 0 Å². The minimum absolute atomic E-state index is 0.338. The lowest BCUT2D eigenvalue weighted by molar-refractivity contribution is -0.0636. The van der Waals surface area contributed by atoms with Gasteiger partial charge < -0.3 is 18.9 Å². The fourth-order valence-electron chi connectivity index (χ4n) is 3.17. The Labute approximate surface area is 175 Å². The van der Waals surface area contributed by atoms with Crippen LogP contribution in [0.25, 0.3) is 0 Å². The molecule has 0 saturated carbocycles. The van der Waals surface area contributed by atoms with Crippen LogP contribution in [0.1, 0.15) is 59.5 Å². The number of benzene rings is 2. The number of carbonyl (C=O) groups is 3. The van der Waals surface area contributed by atoms with E-state index in [9.17, 15) is 14.4 Å². The van der Waals surface area contributed by atoms with Crippen molar-refractivity contribution in [2.75, 3.05) is 14.2 Å². The van der Waals surface area contributed by atoms with Crippen LogP contribution in [0.5, 0.6) is 11.5 Å². The van der Waals surface area contributed by atoms with Crippen molar-refractivity contribution in [2.45, 2.75) is 38.9 Å². The Balaban J connectivity index is 2.25. The monoisotopic (exact) mass is 414 g/mol. The van der Waals surface area contributed by atoms with E-state index < -0.39 is 17.4 Å². The molecule has 0 radical (unpaired) electrons. The standard InChI is InChI=1S/C23H26O7/c1-22(2,19-9-7-17(27-5)11-15(19)13-24)29-21(26)30-23(3,4)20-10-8-18(28-6)12-16(20)14-25/h7-14H,1-6H3. The van der Waals surface area contributed by atoms with Gasteiger partial charge >= 0.3 is 6.16 Å². The van der Waals surface area contributed by atoms with Gasteiger partial charge in [-0.3, -0.25) is 9.59 Å². The van der Waals surface area contributed by atoms with Crippen LogP contribution in [0.15, 0.2) is 36.4 Å². The van der Waals surface area contributed by atoms with Gasteiger partial charge in [0, 0.05) is 22.3 Å². The van der Waals surface area contributed by atoms with Crippen LogP contribution in [0.3, 0.4) is 0 Å². The first-order chi connectivity index (χ1) is 14.1. The van der Waals surface area contributed by atoms with Crippen molar-refractivity contribution in [3.63, 3.8) is 0 Å². The van der Waals surface area contributed by atoms with Crippen molar-refractivity contribution in [3.05, 3.63) is 58.7 Å². The zero-order valence-corrected chi connectivity index (χ0v) is 18.0. The summed E-state index contributed by atoms with van der Waals surface area (Å²) in [5, 5.41) is 0. The first-order valence-electron chi connectivity index (χ1n) is 9.27. The second-order valence-corrected chi connectivity index (χ2v) is 7.62. The molecular formula is C23H26O7. The molecule has 7 heteroatoms. The quantitative estimate of drug-likeness (QED) is 0.459. The Morgan fingerprint density at radius 2 is 1.10 bits per heavy atom. The van der Waals surface area contributed by atoms with Gasteiger partial charge in [0.05, 0.1) is 14.2 Å². The van der Waals surface area contributed by atoms with Crippen molar-refractivity contribution < 1.29 is 33.3 Å². The summed E-state index contributed by atoms with van der Waals surface area (Å²) in [6.07, 6.45) is 0.406. The fourth-order valence-corrected chi connectivity index (χ4v) is 3.17. The van der Waals surface area contributed by atoms with Crippen LogP contribution in [-0.2, 0) is 20.7 Å². The molecule has 0 amide bonds. The first-order valence-corrected chi connectivity index (χ1v) is 9.27. The third-order valence-corrected chi connectivity index (χ3v) is 4.75. The minimum Gasteiger partial charge on any atom is -0.497 e. The Bertz CT molecular complexity index is 869. The van der Waals surface area contributed by atoms with Crippen molar-refractivity contribution in [1.29, 1.82) is 0 Å². The highest BCUT2D eigenvalue weighted by Gasteiger charge is 2.34. The molecule has 0 saturated heterocycles. The number of ether oxygens (including phenoxy) is 4. The molecule has 2 rings (SSSR count). The highest BCUT2D eigenvalue weighted by atomic mass is 16.7. The summed E-state index contributed by atoms with van der Waals surface area (Å²) in [6.45, 7) is 6.61. The molecule has 0 atom stereocenters. The van der Waals surface area contributed by atoms with Crippen molar-refractivity contribution in [3.8, 4) is 11.5 Å². The van der Waals surface area contributed by atoms with Crippen LogP contribution < -0.4 is 9.47 Å². The maximum Gasteiger partial charge on any atom is 0.510 e. The summed E-state index contributed by atoms with van der Waals surface area (Å²) in [5.41, 5.74) is -0.613. The van der Waals surface area contributed by atoms with E-state index in [0.717, 1.165) is 0 Å². The van der Waals surface area contributed by atoms with E-state index in [1.807, 2.05) is 0 Å². The normalized spacial score (nSPS) is 11.4. The van der Waals surface area contributed by atoms with Crippen LogP contribution in [-0.4, -0.2) is 32.9 Å². The number of rotatable bonds is 8. The first kappa shape index (κ1) is 22.9. The van der Waals surface area contributed by atoms with E-state index in [1.165, 1.54) is 14.2 Å². The van der Waals surface area contributed by atoms with Gasteiger partial charge in [0.15, 0.2) is 12.6 Å². The van der Waals surface area contributed by atoms with Crippen molar-refractivity contribution >= 4 is 18.7 Å². The van der Waals surface area contributed by atoms with Gasteiger partial charge in [0.2, 0.25) is 0 Å². The maximum atomic E-state index is 12.6. The molecule has 0 spiro atoms. The number of hydrogen-bond acceptors (Lipinski definition) is 7. The molecule has 0 aromatic heterocycles. The molecule has 0 aliphatic carbocycles. The predicted molar refractivity (Wildman–Crippen MR) is 110 cm³/mol. The van der Waals surface area contributed by atoms with Crippen LogP contribution in [0.2, 0.25) is 0 Å². The average molecular weight is 414 g/mol. The number of hydrogen-bond donors (Lipinski definition) is 0. The summed E-state index contributed by atoms with van der Waals surface area (Å²) < 4.78 is 21.3. The van der Waals surface area contributed by atoms with Gasteiger partial charge in [-0.05, 0) is 52.0 Å². The molecule has 0 N–H and O–H groups in total. The lowest BCUT2D eigenvalue weighted by Crippen LogP contribution is -2.33. The van der Waals surface area contributed by atoms with E-state index in [4.69, 9.17) is 18.9 Å². The van der Waals surface area contributed by atoms with Gasteiger partial charge in [-0.2, -0.15) is 0 Å². The number of methoxy groups -OCH3 is 2. The largest absolute Gasteiger partial charge is 0.510 e. The smallest absolute Gasteiger partial charge is 0.497 e. The molecule has 30 heavy (non-hydrogen) atoms. The minimum atomic E-state index is -1.15. The Morgan fingerprint density at radius 1 is 0.733 bits per heavy atom. The zero-order valence-electron chi connectivity index (χ0n) is 18.0. The summed E-state index contributed by atoms with van der Waals surface area (Å²) in [6, 6.07) is 9.81.